The number of aromatic nitrogens is 2. The van der Waals surface area contributed by atoms with E-state index in [2.05, 4.69) is 5.10 Å². The van der Waals surface area contributed by atoms with Gasteiger partial charge in [-0.1, -0.05) is 42.5 Å². The van der Waals surface area contributed by atoms with Crippen LogP contribution in [0.1, 0.15) is 15.9 Å². The number of carboxylic acids is 1. The molecule has 0 saturated heterocycles. The fraction of sp³-hybridized carbons (Fsp3) is 0.0476. The van der Waals surface area contributed by atoms with Crippen molar-refractivity contribution in [2.45, 2.75) is 6.54 Å². The van der Waals surface area contributed by atoms with Crippen molar-refractivity contribution in [2.75, 3.05) is 0 Å². The normalized spacial score (nSPS) is 11.0. The van der Waals surface area contributed by atoms with Crippen molar-refractivity contribution in [2.24, 2.45) is 0 Å². The van der Waals surface area contributed by atoms with E-state index < -0.39 is 5.97 Å². The summed E-state index contributed by atoms with van der Waals surface area (Å²) in [4.78, 5) is 11.1. The van der Waals surface area contributed by atoms with E-state index in [1.54, 1.807) is 36.4 Å². The minimum atomic E-state index is -0.957. The van der Waals surface area contributed by atoms with Crippen LogP contribution in [0.15, 0.2) is 72.8 Å². The minimum absolute atomic E-state index is 0.239. The van der Waals surface area contributed by atoms with Crippen LogP contribution in [0.5, 0.6) is 0 Å². The van der Waals surface area contributed by atoms with Crippen LogP contribution in [0.25, 0.3) is 22.2 Å². The Balaban J connectivity index is 1.83. The number of fused-ring (bicyclic) bond motifs is 1. The summed E-state index contributed by atoms with van der Waals surface area (Å²) in [7, 11) is 0. The Morgan fingerprint density at radius 3 is 2.35 bits per heavy atom. The molecule has 4 aromatic rings. The molecule has 0 atom stereocenters. The first-order chi connectivity index (χ1) is 12.6. The van der Waals surface area contributed by atoms with E-state index in [1.165, 1.54) is 12.1 Å². The van der Waals surface area contributed by atoms with E-state index >= 15 is 0 Å². The molecule has 3 aromatic carbocycles. The first-order valence-electron chi connectivity index (χ1n) is 8.15. The third kappa shape index (κ3) is 2.95. The van der Waals surface area contributed by atoms with Gasteiger partial charge in [0.1, 0.15) is 5.82 Å². The molecule has 1 N–H and O–H groups in total. The average Bonchev–Trinajstić information content (AvgIpc) is 3.01. The Morgan fingerprint density at radius 1 is 0.962 bits per heavy atom. The van der Waals surface area contributed by atoms with Gasteiger partial charge < -0.3 is 5.11 Å². The topological polar surface area (TPSA) is 55.1 Å². The third-order valence-electron chi connectivity index (χ3n) is 4.30. The second-order valence-corrected chi connectivity index (χ2v) is 6.03. The lowest BCUT2D eigenvalue weighted by Crippen LogP contribution is -2.04. The minimum Gasteiger partial charge on any atom is -0.478 e. The van der Waals surface area contributed by atoms with E-state index in [1.807, 2.05) is 28.9 Å². The second-order valence-electron chi connectivity index (χ2n) is 6.03. The molecule has 0 unspecified atom stereocenters. The van der Waals surface area contributed by atoms with Gasteiger partial charge in [0.05, 0.1) is 23.3 Å². The maximum absolute atomic E-state index is 13.2. The van der Waals surface area contributed by atoms with Gasteiger partial charge in [-0.15, -0.1) is 0 Å². The second kappa shape index (κ2) is 6.44. The number of rotatable bonds is 4. The number of aromatic carboxylic acids is 1. The van der Waals surface area contributed by atoms with E-state index in [0.717, 1.165) is 27.7 Å². The molecule has 4 nitrogen and oxygen atoms in total. The van der Waals surface area contributed by atoms with Crippen molar-refractivity contribution >= 4 is 16.9 Å². The number of carbonyl (C=O) groups is 1. The molecule has 0 bridgehead atoms. The lowest BCUT2D eigenvalue weighted by molar-refractivity contribution is 0.0697. The van der Waals surface area contributed by atoms with Crippen molar-refractivity contribution in [1.82, 2.24) is 9.78 Å². The molecule has 0 aliphatic heterocycles. The van der Waals surface area contributed by atoms with Crippen LogP contribution < -0.4 is 0 Å². The Morgan fingerprint density at radius 2 is 1.65 bits per heavy atom. The quantitative estimate of drug-likeness (QED) is 0.588. The molecular formula is C21H15FN2O2. The van der Waals surface area contributed by atoms with Gasteiger partial charge in [0.15, 0.2) is 0 Å². The van der Waals surface area contributed by atoms with Crippen LogP contribution in [0.3, 0.4) is 0 Å². The molecule has 5 heteroatoms. The predicted octanol–water partition coefficient (Wildman–Crippen LogP) is 4.59. The van der Waals surface area contributed by atoms with Gasteiger partial charge in [0.2, 0.25) is 0 Å². The molecule has 0 fully saturated rings. The summed E-state index contributed by atoms with van der Waals surface area (Å²) in [6.45, 7) is 0.491. The lowest BCUT2D eigenvalue weighted by Gasteiger charge is -2.09. The summed E-state index contributed by atoms with van der Waals surface area (Å²) >= 11 is 0. The van der Waals surface area contributed by atoms with Crippen molar-refractivity contribution in [3.05, 3.63) is 89.7 Å². The summed E-state index contributed by atoms with van der Waals surface area (Å²) in [5, 5.41) is 14.8. The largest absolute Gasteiger partial charge is 0.478 e. The highest BCUT2D eigenvalue weighted by Gasteiger charge is 2.14. The summed E-state index contributed by atoms with van der Waals surface area (Å²) in [6, 6.07) is 20.9. The highest BCUT2D eigenvalue weighted by Crippen LogP contribution is 2.29. The molecule has 4 rings (SSSR count). The fourth-order valence-electron chi connectivity index (χ4n) is 3.03. The molecule has 26 heavy (non-hydrogen) atoms. The molecule has 1 aromatic heterocycles. The fourth-order valence-corrected chi connectivity index (χ4v) is 3.03. The average molecular weight is 346 g/mol. The van der Waals surface area contributed by atoms with Crippen LogP contribution in [0.2, 0.25) is 0 Å². The van der Waals surface area contributed by atoms with E-state index in [0.29, 0.717) is 6.54 Å². The van der Waals surface area contributed by atoms with E-state index in [4.69, 9.17) is 5.11 Å². The maximum Gasteiger partial charge on any atom is 0.335 e. The number of hydrogen-bond acceptors (Lipinski definition) is 2. The van der Waals surface area contributed by atoms with Crippen LogP contribution in [0, 0.1) is 5.82 Å². The highest BCUT2D eigenvalue weighted by atomic mass is 19.1. The third-order valence-corrected chi connectivity index (χ3v) is 4.30. The Kier molecular flexibility index (Phi) is 3.97. The molecule has 128 valence electrons. The molecule has 0 aliphatic rings. The van der Waals surface area contributed by atoms with Crippen molar-refractivity contribution in [3.63, 3.8) is 0 Å². The Labute approximate surface area is 149 Å². The van der Waals surface area contributed by atoms with Gasteiger partial charge >= 0.3 is 5.97 Å². The van der Waals surface area contributed by atoms with Gasteiger partial charge in [-0.2, -0.15) is 5.10 Å². The molecule has 0 amide bonds. The van der Waals surface area contributed by atoms with E-state index in [9.17, 15) is 9.18 Å². The number of hydrogen-bond donors (Lipinski definition) is 1. The zero-order chi connectivity index (χ0) is 18.1. The van der Waals surface area contributed by atoms with Gasteiger partial charge in [-0.05, 0) is 35.9 Å². The maximum atomic E-state index is 13.2. The van der Waals surface area contributed by atoms with Gasteiger partial charge in [0.25, 0.3) is 0 Å². The van der Waals surface area contributed by atoms with Gasteiger partial charge in [-0.3, -0.25) is 4.68 Å². The van der Waals surface area contributed by atoms with Crippen LogP contribution in [-0.4, -0.2) is 20.9 Å². The Bertz CT molecular complexity index is 1080. The molecule has 0 aliphatic carbocycles. The lowest BCUT2D eigenvalue weighted by atomic mass is 10.1. The summed E-state index contributed by atoms with van der Waals surface area (Å²) in [5.41, 5.74) is 3.81. The zero-order valence-corrected chi connectivity index (χ0v) is 13.8. The molecule has 0 radical (unpaired) electrons. The first-order valence-corrected chi connectivity index (χ1v) is 8.15. The van der Waals surface area contributed by atoms with Crippen LogP contribution in [0.4, 0.5) is 4.39 Å². The summed E-state index contributed by atoms with van der Waals surface area (Å²) in [6.07, 6.45) is 0. The van der Waals surface area contributed by atoms with Crippen molar-refractivity contribution in [3.8, 4) is 11.3 Å². The van der Waals surface area contributed by atoms with Crippen LogP contribution >= 0.6 is 0 Å². The predicted molar refractivity (Wildman–Crippen MR) is 97.6 cm³/mol. The first kappa shape index (κ1) is 16.0. The summed E-state index contributed by atoms with van der Waals surface area (Å²) in [5.74, 6) is -1.23. The number of benzene rings is 3. The molecule has 0 spiro atoms. The van der Waals surface area contributed by atoms with Gasteiger partial charge in [0, 0.05) is 10.9 Å². The van der Waals surface area contributed by atoms with E-state index in [-0.39, 0.29) is 11.4 Å². The number of carboxylic acid groups (broad SMARTS) is 1. The van der Waals surface area contributed by atoms with Crippen LogP contribution in [-0.2, 0) is 6.54 Å². The zero-order valence-electron chi connectivity index (χ0n) is 13.8. The molecular weight excluding hydrogens is 331 g/mol. The SMILES string of the molecule is O=C(O)c1ccc(-c2c3ccccc3nn2Cc2ccc(F)cc2)cc1. The smallest absolute Gasteiger partial charge is 0.335 e. The highest BCUT2D eigenvalue weighted by molar-refractivity contribution is 5.94. The monoisotopic (exact) mass is 346 g/mol. The standard InChI is InChI=1S/C21H15FN2O2/c22-17-11-5-14(6-12-17)13-24-20(18-3-1-2-4-19(18)23-24)15-7-9-16(10-8-15)21(25)26/h1-12H,13H2,(H,25,26). The Hall–Kier alpha value is -3.47. The van der Waals surface area contributed by atoms with Crippen molar-refractivity contribution in [1.29, 1.82) is 0 Å². The van der Waals surface area contributed by atoms with Gasteiger partial charge in [-0.25, -0.2) is 9.18 Å². The number of halogens is 1. The molecule has 0 saturated carbocycles. The number of nitrogens with zero attached hydrogens (tertiary/aromatic N) is 2. The molecule has 1 heterocycles. The van der Waals surface area contributed by atoms with Crippen molar-refractivity contribution < 1.29 is 14.3 Å². The summed E-state index contributed by atoms with van der Waals surface area (Å²) < 4.78 is 15.0.